The number of piperidine rings is 1. The molecule has 9 heteroatoms. The Hall–Kier alpha value is -2.97. The Balaban J connectivity index is 1.55. The number of fused-ring (bicyclic) bond motifs is 1. The number of amides is 4. The van der Waals surface area contributed by atoms with Crippen LogP contribution in [-0.4, -0.2) is 46.9 Å². The fourth-order valence-electron chi connectivity index (χ4n) is 4.02. The molecule has 2 N–H and O–H groups in total. The zero-order chi connectivity index (χ0) is 22.0. The lowest BCUT2D eigenvalue weighted by molar-refractivity contribution is -0.143. The van der Waals surface area contributed by atoms with Crippen LogP contribution in [0, 0.1) is 11.7 Å². The number of carbonyl (C=O) groups excluding carboxylic acids is 3. The molecule has 4 amide bonds. The Bertz CT molecular complexity index is 1000. The number of hydrogen-bond acceptors (Lipinski definition) is 4. The molecule has 7 nitrogen and oxygen atoms in total. The van der Waals surface area contributed by atoms with Crippen molar-refractivity contribution in [3.63, 3.8) is 0 Å². The zero-order valence-corrected chi connectivity index (χ0v) is 17.4. The first kappa shape index (κ1) is 21.3. The average Bonchev–Trinajstić information content (AvgIpc) is 2.77. The van der Waals surface area contributed by atoms with E-state index in [9.17, 15) is 18.8 Å². The van der Waals surface area contributed by atoms with E-state index in [-0.39, 0.29) is 24.7 Å². The van der Waals surface area contributed by atoms with Crippen molar-refractivity contribution in [1.29, 1.82) is 0 Å². The Morgan fingerprint density at radius 1 is 1.16 bits per heavy atom. The van der Waals surface area contributed by atoms with Crippen LogP contribution in [0.15, 0.2) is 48.5 Å². The van der Waals surface area contributed by atoms with Gasteiger partial charge in [0.2, 0.25) is 11.8 Å². The van der Waals surface area contributed by atoms with E-state index < -0.39 is 29.8 Å². The fraction of sp³-hybridized carbons (Fsp3) is 0.318. The lowest BCUT2D eigenvalue weighted by Gasteiger charge is -2.46. The summed E-state index contributed by atoms with van der Waals surface area (Å²) in [5, 5.41) is 6.25. The topological polar surface area (TPSA) is 81.8 Å². The summed E-state index contributed by atoms with van der Waals surface area (Å²) in [6, 6.07) is 12.2. The van der Waals surface area contributed by atoms with Gasteiger partial charge in [-0.3, -0.25) is 24.7 Å². The van der Waals surface area contributed by atoms with E-state index in [1.54, 1.807) is 30.3 Å². The first-order valence-corrected chi connectivity index (χ1v) is 10.5. The van der Waals surface area contributed by atoms with Crippen molar-refractivity contribution in [2.75, 3.05) is 18.4 Å². The molecule has 0 aliphatic carbocycles. The Morgan fingerprint density at radius 2 is 1.90 bits per heavy atom. The van der Waals surface area contributed by atoms with Gasteiger partial charge in [0.15, 0.2) is 0 Å². The number of imide groups is 1. The predicted molar refractivity (Wildman–Crippen MR) is 114 cm³/mol. The molecule has 2 aromatic carbocycles. The number of para-hydroxylation sites is 1. The van der Waals surface area contributed by atoms with Gasteiger partial charge in [-0.05, 0) is 49.2 Å². The van der Waals surface area contributed by atoms with Gasteiger partial charge in [-0.2, -0.15) is 0 Å². The van der Waals surface area contributed by atoms with Crippen molar-refractivity contribution in [3.8, 4) is 0 Å². The quantitative estimate of drug-likeness (QED) is 0.742. The number of urea groups is 1. The van der Waals surface area contributed by atoms with E-state index in [1.165, 1.54) is 28.0 Å². The molecule has 0 saturated carbocycles. The van der Waals surface area contributed by atoms with Crippen LogP contribution in [0.5, 0.6) is 0 Å². The summed E-state index contributed by atoms with van der Waals surface area (Å²) < 4.78 is 13.9. The summed E-state index contributed by atoms with van der Waals surface area (Å²) in [4.78, 5) is 41.5. The lowest BCUT2D eigenvalue weighted by Crippen LogP contribution is -2.68. The average molecular weight is 445 g/mol. The number of halogens is 2. The normalized spacial score (nSPS) is 21.1. The van der Waals surface area contributed by atoms with E-state index in [1.807, 2.05) is 0 Å². The van der Waals surface area contributed by atoms with Crippen LogP contribution in [-0.2, 0) is 16.1 Å². The van der Waals surface area contributed by atoms with Crippen LogP contribution < -0.4 is 10.6 Å². The number of benzene rings is 2. The summed E-state index contributed by atoms with van der Waals surface area (Å²) >= 11 is 5.93. The monoisotopic (exact) mass is 444 g/mol. The van der Waals surface area contributed by atoms with Crippen LogP contribution in [0.3, 0.4) is 0 Å². The predicted octanol–water partition coefficient (Wildman–Crippen LogP) is 3.21. The largest absolute Gasteiger partial charge is 0.328 e. The maximum Gasteiger partial charge on any atom is 0.328 e. The molecular formula is C22H22ClFN4O3. The van der Waals surface area contributed by atoms with Crippen molar-refractivity contribution < 1.29 is 18.8 Å². The molecule has 4 rings (SSSR count). The van der Waals surface area contributed by atoms with E-state index in [0.717, 1.165) is 12.0 Å². The highest BCUT2D eigenvalue weighted by atomic mass is 35.5. The summed E-state index contributed by atoms with van der Waals surface area (Å²) in [5.74, 6) is -1.80. The molecule has 2 atom stereocenters. The Labute approximate surface area is 184 Å². The summed E-state index contributed by atoms with van der Waals surface area (Å²) in [5.41, 5.74) is 0.795. The third-order valence-corrected chi connectivity index (χ3v) is 5.79. The molecule has 2 fully saturated rings. The van der Waals surface area contributed by atoms with Crippen LogP contribution in [0.25, 0.3) is 0 Å². The van der Waals surface area contributed by atoms with Crippen molar-refractivity contribution >= 4 is 35.1 Å². The van der Waals surface area contributed by atoms with E-state index >= 15 is 0 Å². The van der Waals surface area contributed by atoms with Gasteiger partial charge in [-0.25, -0.2) is 9.18 Å². The molecule has 31 heavy (non-hydrogen) atoms. The molecule has 2 saturated heterocycles. The van der Waals surface area contributed by atoms with Crippen LogP contribution >= 0.6 is 11.6 Å². The van der Waals surface area contributed by atoms with Gasteiger partial charge in [-0.1, -0.05) is 35.9 Å². The Kier molecular flexibility index (Phi) is 6.20. The standard InChI is InChI=1S/C22H22ClFN4O3/c23-15-9-7-14(8-10-15)12-28-21(30)16-4-3-11-25-20(16)27(22(28)31)13-19(29)26-18-6-2-1-5-17(18)24/h1-2,5-10,16,20,25H,3-4,11-13H2,(H,26,29). The van der Waals surface area contributed by atoms with Crippen molar-refractivity contribution in [2.45, 2.75) is 25.6 Å². The summed E-state index contributed by atoms with van der Waals surface area (Å²) in [7, 11) is 0. The van der Waals surface area contributed by atoms with E-state index in [2.05, 4.69) is 10.6 Å². The molecule has 0 spiro atoms. The molecular weight excluding hydrogens is 423 g/mol. The van der Waals surface area contributed by atoms with E-state index in [4.69, 9.17) is 11.6 Å². The maximum absolute atomic E-state index is 13.9. The van der Waals surface area contributed by atoms with Crippen molar-refractivity contribution in [1.82, 2.24) is 15.1 Å². The molecule has 2 aliphatic heterocycles. The first-order valence-electron chi connectivity index (χ1n) is 10.1. The third-order valence-electron chi connectivity index (χ3n) is 5.54. The molecule has 2 heterocycles. The van der Waals surface area contributed by atoms with Gasteiger partial charge in [0.25, 0.3) is 0 Å². The lowest BCUT2D eigenvalue weighted by atomic mass is 9.91. The summed E-state index contributed by atoms with van der Waals surface area (Å²) in [6.07, 6.45) is 0.846. The molecule has 0 radical (unpaired) electrons. The highest BCUT2D eigenvalue weighted by molar-refractivity contribution is 6.30. The number of anilines is 1. The highest BCUT2D eigenvalue weighted by Crippen LogP contribution is 2.29. The van der Waals surface area contributed by atoms with E-state index in [0.29, 0.717) is 18.0 Å². The number of rotatable bonds is 5. The molecule has 0 aromatic heterocycles. The SMILES string of the molecule is O=C(CN1C(=O)N(Cc2ccc(Cl)cc2)C(=O)C2CCCNC21)Nc1ccccc1F. The molecule has 2 unspecified atom stereocenters. The number of nitrogens with zero attached hydrogens (tertiary/aromatic N) is 2. The second-order valence-electron chi connectivity index (χ2n) is 7.64. The van der Waals surface area contributed by atoms with Crippen LogP contribution in [0.2, 0.25) is 5.02 Å². The summed E-state index contributed by atoms with van der Waals surface area (Å²) in [6.45, 7) is 0.430. The van der Waals surface area contributed by atoms with Crippen molar-refractivity contribution in [3.05, 3.63) is 64.9 Å². The molecule has 2 aliphatic rings. The van der Waals surface area contributed by atoms with Gasteiger partial charge in [0.05, 0.1) is 24.3 Å². The van der Waals surface area contributed by atoms with Crippen LogP contribution in [0.1, 0.15) is 18.4 Å². The first-order chi connectivity index (χ1) is 14.9. The molecule has 162 valence electrons. The highest BCUT2D eigenvalue weighted by Gasteiger charge is 2.47. The van der Waals surface area contributed by atoms with Crippen molar-refractivity contribution in [2.24, 2.45) is 5.92 Å². The van der Waals surface area contributed by atoms with Gasteiger partial charge in [-0.15, -0.1) is 0 Å². The van der Waals surface area contributed by atoms with Gasteiger partial charge >= 0.3 is 6.03 Å². The fourth-order valence-corrected chi connectivity index (χ4v) is 4.14. The van der Waals surface area contributed by atoms with Crippen LogP contribution in [0.4, 0.5) is 14.9 Å². The van der Waals surface area contributed by atoms with Gasteiger partial charge < -0.3 is 5.32 Å². The smallest absolute Gasteiger partial charge is 0.322 e. The second kappa shape index (κ2) is 9.03. The molecule has 0 bridgehead atoms. The second-order valence-corrected chi connectivity index (χ2v) is 8.07. The Morgan fingerprint density at radius 3 is 2.65 bits per heavy atom. The molecule has 2 aromatic rings. The minimum atomic E-state index is -0.568. The van der Waals surface area contributed by atoms with Gasteiger partial charge in [0.1, 0.15) is 12.4 Å². The van der Waals surface area contributed by atoms with Gasteiger partial charge in [0, 0.05) is 5.02 Å². The minimum absolute atomic E-state index is 0.0409. The maximum atomic E-state index is 13.9. The minimum Gasteiger partial charge on any atom is -0.322 e. The zero-order valence-electron chi connectivity index (χ0n) is 16.7. The third kappa shape index (κ3) is 4.55. The number of nitrogens with one attached hydrogen (secondary N) is 2. The number of hydrogen-bond donors (Lipinski definition) is 2. The number of carbonyl (C=O) groups is 3.